The average molecular weight is 683 g/mol. The molecule has 0 fully saturated rings. The summed E-state index contributed by atoms with van der Waals surface area (Å²) in [5.41, 5.74) is 6.84. The van der Waals surface area contributed by atoms with E-state index in [1.165, 1.54) is 11.1 Å². The zero-order valence-corrected chi connectivity index (χ0v) is 31.2. The highest BCUT2D eigenvalue weighted by molar-refractivity contribution is 6.75. The van der Waals surface area contributed by atoms with Gasteiger partial charge in [0.05, 0.1) is 0 Å². The Kier molecular flexibility index (Phi) is 14.7. The van der Waals surface area contributed by atoms with E-state index in [1.807, 2.05) is 41.5 Å². The molecule has 0 aromatic heterocycles. The second kappa shape index (κ2) is 18.9. The van der Waals surface area contributed by atoms with Crippen molar-refractivity contribution in [2.75, 3.05) is 39.6 Å². The fraction of sp³-hybridized carbons (Fsp3) is 0.300. The summed E-state index contributed by atoms with van der Waals surface area (Å²) in [6.45, 7) is 15.1. The molecule has 0 radical (unpaired) electrons. The third-order valence-corrected chi connectivity index (χ3v) is 13.7. The van der Waals surface area contributed by atoms with Crippen molar-refractivity contribution in [2.24, 2.45) is 0 Å². The van der Waals surface area contributed by atoms with E-state index in [1.54, 1.807) is 0 Å². The van der Waals surface area contributed by atoms with E-state index in [9.17, 15) is 0 Å². The second-order valence-electron chi connectivity index (χ2n) is 10.9. The summed E-state index contributed by atoms with van der Waals surface area (Å²) in [4.78, 5) is 0. The van der Waals surface area contributed by atoms with Crippen molar-refractivity contribution in [3.8, 4) is 11.1 Å². The van der Waals surface area contributed by atoms with E-state index in [0.717, 1.165) is 32.6 Å². The van der Waals surface area contributed by atoms with Crippen molar-refractivity contribution in [3.05, 3.63) is 119 Å². The lowest BCUT2D eigenvalue weighted by atomic mass is 10.0. The Bertz CT molecular complexity index is 1410. The Hall–Kier alpha value is -3.45. The number of hydrogen-bond acceptors (Lipinski definition) is 6. The molecule has 254 valence electrons. The van der Waals surface area contributed by atoms with Crippen LogP contribution in [0.15, 0.2) is 97.1 Å². The van der Waals surface area contributed by atoms with Crippen LogP contribution in [0.1, 0.15) is 63.8 Å². The SMILES string of the molecule is CCO[Si](OCC)(OCC)c1ccc(C=Cc2ccc(-c3ccc(C=Cc4ccc([Si](OCC)(OCC)OCC)cc4)cc3)cc2)cc1. The molecule has 0 heterocycles. The van der Waals surface area contributed by atoms with Gasteiger partial charge >= 0.3 is 17.6 Å². The largest absolute Gasteiger partial charge is 0.537 e. The molecule has 0 atom stereocenters. The van der Waals surface area contributed by atoms with Gasteiger partial charge in [-0.3, -0.25) is 0 Å². The first kappa shape index (κ1) is 37.4. The summed E-state index contributed by atoms with van der Waals surface area (Å²) in [5.74, 6) is 0. The molecule has 48 heavy (non-hydrogen) atoms. The van der Waals surface area contributed by atoms with Crippen LogP contribution in [0.3, 0.4) is 0 Å². The molecular formula is C40H50O6Si2. The van der Waals surface area contributed by atoms with Crippen molar-refractivity contribution in [1.29, 1.82) is 0 Å². The van der Waals surface area contributed by atoms with Crippen LogP contribution in [0.5, 0.6) is 0 Å². The number of rotatable bonds is 19. The van der Waals surface area contributed by atoms with Gasteiger partial charge in [0.2, 0.25) is 0 Å². The standard InChI is InChI=1S/C40H50O6Si2/c1-7-41-47(42-8-2,43-9-3)39-29-21-35(22-30-39)15-13-33-17-25-37(26-18-33)38-27-19-34(20-28-38)14-16-36-23-31-40(32-24-36)48(44-10-4,45-11-5)46-12-6/h13-32H,7-12H2,1-6H3. The van der Waals surface area contributed by atoms with Crippen LogP contribution in [-0.2, 0) is 26.6 Å². The van der Waals surface area contributed by atoms with Gasteiger partial charge < -0.3 is 26.6 Å². The highest BCUT2D eigenvalue weighted by Gasteiger charge is 2.44. The lowest BCUT2D eigenvalue weighted by molar-refractivity contribution is 0.0851. The van der Waals surface area contributed by atoms with E-state index in [0.29, 0.717) is 39.6 Å². The lowest BCUT2D eigenvalue weighted by Crippen LogP contribution is -2.56. The van der Waals surface area contributed by atoms with Crippen molar-refractivity contribution < 1.29 is 26.6 Å². The lowest BCUT2D eigenvalue weighted by Gasteiger charge is -2.28. The monoisotopic (exact) mass is 682 g/mol. The van der Waals surface area contributed by atoms with Crippen LogP contribution in [-0.4, -0.2) is 57.3 Å². The van der Waals surface area contributed by atoms with Gasteiger partial charge in [-0.15, -0.1) is 0 Å². The van der Waals surface area contributed by atoms with Crippen molar-refractivity contribution in [2.45, 2.75) is 41.5 Å². The summed E-state index contributed by atoms with van der Waals surface area (Å²) in [7, 11) is -5.80. The Morgan fingerprint density at radius 2 is 0.542 bits per heavy atom. The summed E-state index contributed by atoms with van der Waals surface area (Å²) in [6.07, 6.45) is 8.50. The number of benzene rings is 4. The highest BCUT2D eigenvalue weighted by Crippen LogP contribution is 2.22. The van der Waals surface area contributed by atoms with Gasteiger partial charge in [0.1, 0.15) is 0 Å². The maximum absolute atomic E-state index is 6.05. The minimum atomic E-state index is -2.90. The summed E-state index contributed by atoms with van der Waals surface area (Å²) in [5, 5.41) is 1.97. The fourth-order valence-electron chi connectivity index (χ4n) is 5.45. The molecule has 0 N–H and O–H groups in total. The molecule has 0 aliphatic heterocycles. The molecule has 0 saturated carbocycles. The van der Waals surface area contributed by atoms with Crippen molar-refractivity contribution >= 4 is 52.3 Å². The topological polar surface area (TPSA) is 55.4 Å². The van der Waals surface area contributed by atoms with Crippen LogP contribution in [0.4, 0.5) is 0 Å². The van der Waals surface area contributed by atoms with Crippen molar-refractivity contribution in [1.82, 2.24) is 0 Å². The first-order valence-electron chi connectivity index (χ1n) is 17.1. The minimum absolute atomic E-state index is 0.545. The quantitative estimate of drug-likeness (QED) is 0.0735. The molecule has 0 aliphatic rings. The maximum Gasteiger partial charge on any atom is 0.537 e. The first-order chi connectivity index (χ1) is 23.4. The van der Waals surface area contributed by atoms with Gasteiger partial charge in [0.25, 0.3) is 0 Å². The van der Waals surface area contributed by atoms with Gasteiger partial charge in [0.15, 0.2) is 0 Å². The molecule has 0 aliphatic carbocycles. The Morgan fingerprint density at radius 3 is 0.750 bits per heavy atom. The van der Waals surface area contributed by atoms with Crippen LogP contribution < -0.4 is 10.4 Å². The highest BCUT2D eigenvalue weighted by atomic mass is 28.4. The predicted molar refractivity (Wildman–Crippen MR) is 203 cm³/mol. The summed E-state index contributed by atoms with van der Waals surface area (Å²) in [6, 6.07) is 33.8. The van der Waals surface area contributed by atoms with Gasteiger partial charge in [0, 0.05) is 50.0 Å². The van der Waals surface area contributed by atoms with Gasteiger partial charge in [-0.1, -0.05) is 121 Å². The van der Waals surface area contributed by atoms with Crippen LogP contribution in [0, 0.1) is 0 Å². The molecule has 4 rings (SSSR count). The minimum Gasteiger partial charge on any atom is -0.370 e. The molecule has 8 heteroatoms. The molecule has 0 spiro atoms. The third-order valence-electron chi connectivity index (χ3n) is 7.63. The Morgan fingerprint density at radius 1 is 0.333 bits per heavy atom. The summed E-state index contributed by atoms with van der Waals surface area (Å²) < 4.78 is 36.3. The van der Waals surface area contributed by atoms with Crippen molar-refractivity contribution in [3.63, 3.8) is 0 Å². The Labute approximate surface area is 289 Å². The van der Waals surface area contributed by atoms with Crippen LogP contribution in [0.25, 0.3) is 35.4 Å². The molecule has 4 aromatic carbocycles. The maximum atomic E-state index is 6.05. The van der Waals surface area contributed by atoms with E-state index in [-0.39, 0.29) is 0 Å². The average Bonchev–Trinajstić information content (AvgIpc) is 3.11. The molecule has 0 saturated heterocycles. The molecule has 0 amide bonds. The fourth-order valence-corrected chi connectivity index (χ4v) is 10.4. The second-order valence-corrected chi connectivity index (χ2v) is 16.0. The molecule has 6 nitrogen and oxygen atoms in total. The smallest absolute Gasteiger partial charge is 0.370 e. The van der Waals surface area contributed by atoms with Gasteiger partial charge in [-0.05, 0) is 74.9 Å². The normalized spacial score (nSPS) is 12.4. The molecular weight excluding hydrogens is 633 g/mol. The molecule has 0 unspecified atom stereocenters. The van der Waals surface area contributed by atoms with Crippen LogP contribution in [0.2, 0.25) is 0 Å². The van der Waals surface area contributed by atoms with E-state index in [4.69, 9.17) is 26.6 Å². The van der Waals surface area contributed by atoms with E-state index < -0.39 is 17.6 Å². The zero-order valence-electron chi connectivity index (χ0n) is 29.2. The zero-order chi connectivity index (χ0) is 34.2. The van der Waals surface area contributed by atoms with E-state index in [2.05, 4.69) is 121 Å². The van der Waals surface area contributed by atoms with E-state index >= 15 is 0 Å². The Balaban J connectivity index is 1.38. The van der Waals surface area contributed by atoms with Gasteiger partial charge in [-0.25, -0.2) is 0 Å². The molecule has 0 bridgehead atoms. The van der Waals surface area contributed by atoms with Crippen LogP contribution >= 0.6 is 0 Å². The van der Waals surface area contributed by atoms with Gasteiger partial charge in [-0.2, -0.15) is 0 Å². The third kappa shape index (κ3) is 9.81. The number of hydrogen-bond donors (Lipinski definition) is 0. The first-order valence-corrected chi connectivity index (χ1v) is 20.5. The summed E-state index contributed by atoms with van der Waals surface area (Å²) >= 11 is 0. The predicted octanol–water partition coefficient (Wildman–Crippen LogP) is 8.21. The molecule has 4 aromatic rings.